The summed E-state index contributed by atoms with van der Waals surface area (Å²) in [6, 6.07) is 24.7. The molecule has 2 amide bonds. The lowest BCUT2D eigenvalue weighted by atomic mass is 9.94. The van der Waals surface area contributed by atoms with Gasteiger partial charge in [-0.15, -0.1) is 12.4 Å². The van der Waals surface area contributed by atoms with Crippen LogP contribution in [0.15, 0.2) is 89.7 Å². The molecule has 1 atom stereocenters. The first-order chi connectivity index (χ1) is 18.6. The number of carbonyl (C=O) groups is 2. The topological polar surface area (TPSA) is 67.5 Å². The summed E-state index contributed by atoms with van der Waals surface area (Å²) in [5, 5.41) is 4.44. The number of para-hydroxylation sites is 2. The molecule has 6 nitrogen and oxygen atoms in total. The number of halogens is 1. The molecule has 0 radical (unpaired) electrons. The highest BCUT2D eigenvalue weighted by atomic mass is 35.5. The number of nitrogens with one attached hydrogen (secondary N) is 1. The molecule has 39 heavy (non-hydrogen) atoms. The molecule has 196 valence electrons. The fourth-order valence-corrected chi connectivity index (χ4v) is 6.12. The zero-order chi connectivity index (χ0) is 25.8. The molecule has 2 aromatic heterocycles. The molecule has 2 aliphatic heterocycles. The Morgan fingerprint density at radius 1 is 0.821 bits per heavy atom. The smallest absolute Gasteiger partial charge is 0.259 e. The Kier molecular flexibility index (Phi) is 6.37. The zero-order valence-electron chi connectivity index (χ0n) is 21.5. The maximum Gasteiger partial charge on any atom is 0.259 e. The maximum atomic E-state index is 13.3. The summed E-state index contributed by atoms with van der Waals surface area (Å²) in [5.74, 6) is -0.759. The van der Waals surface area contributed by atoms with Crippen molar-refractivity contribution in [1.82, 2.24) is 14.8 Å². The SMILES string of the molecule is CC(c1ccccc1)N1CCc2cccc3c(C4=C(c5cccc6ccoc56)C(=O)NC4=O)cn(c23)CC1.Cl. The second-order valence-electron chi connectivity index (χ2n) is 10.1. The first kappa shape index (κ1) is 25.2. The average molecular weight is 538 g/mol. The van der Waals surface area contributed by atoms with E-state index in [0.29, 0.717) is 28.3 Å². The Labute approximate surface area is 232 Å². The van der Waals surface area contributed by atoms with Crippen molar-refractivity contribution in [3.63, 3.8) is 0 Å². The molecule has 7 rings (SSSR count). The van der Waals surface area contributed by atoms with Gasteiger partial charge in [-0.25, -0.2) is 0 Å². The van der Waals surface area contributed by atoms with Crippen molar-refractivity contribution in [3.8, 4) is 0 Å². The number of imide groups is 1. The maximum absolute atomic E-state index is 13.3. The number of furan rings is 1. The summed E-state index contributed by atoms with van der Waals surface area (Å²) in [6.07, 6.45) is 4.57. The first-order valence-electron chi connectivity index (χ1n) is 13.1. The van der Waals surface area contributed by atoms with Gasteiger partial charge in [-0.1, -0.05) is 66.7 Å². The van der Waals surface area contributed by atoms with Crippen LogP contribution in [-0.4, -0.2) is 34.4 Å². The molecule has 0 fully saturated rings. The van der Waals surface area contributed by atoms with Gasteiger partial charge < -0.3 is 8.98 Å². The van der Waals surface area contributed by atoms with Crippen LogP contribution in [0, 0.1) is 0 Å². The van der Waals surface area contributed by atoms with Gasteiger partial charge in [0.2, 0.25) is 0 Å². The summed E-state index contributed by atoms with van der Waals surface area (Å²) < 4.78 is 8.00. The third kappa shape index (κ3) is 4.08. The molecular formula is C32H28ClN3O3. The Bertz CT molecular complexity index is 1770. The van der Waals surface area contributed by atoms with Crippen molar-refractivity contribution >= 4 is 57.2 Å². The molecule has 1 N–H and O–H groups in total. The Morgan fingerprint density at radius 3 is 2.41 bits per heavy atom. The van der Waals surface area contributed by atoms with Crippen molar-refractivity contribution in [2.24, 2.45) is 0 Å². The normalized spacial score (nSPS) is 16.7. The summed E-state index contributed by atoms with van der Waals surface area (Å²) in [5.41, 5.74) is 6.51. The fraction of sp³-hybridized carbons (Fsp3) is 0.188. The number of carbonyl (C=O) groups excluding carboxylic acids is 2. The monoisotopic (exact) mass is 537 g/mol. The Balaban J connectivity index is 0.00000277. The predicted octanol–water partition coefficient (Wildman–Crippen LogP) is 6.00. The van der Waals surface area contributed by atoms with Crippen LogP contribution in [0.2, 0.25) is 0 Å². The lowest BCUT2D eigenvalue weighted by Crippen LogP contribution is -2.33. The van der Waals surface area contributed by atoms with Crippen LogP contribution in [0.3, 0.4) is 0 Å². The number of fused-ring (bicyclic) bond motifs is 1. The van der Waals surface area contributed by atoms with Gasteiger partial charge in [0, 0.05) is 53.8 Å². The van der Waals surface area contributed by atoms with Gasteiger partial charge in [-0.3, -0.25) is 19.8 Å². The van der Waals surface area contributed by atoms with Gasteiger partial charge in [0.15, 0.2) is 0 Å². The summed E-state index contributed by atoms with van der Waals surface area (Å²) >= 11 is 0. The van der Waals surface area contributed by atoms with Gasteiger partial charge >= 0.3 is 0 Å². The lowest BCUT2D eigenvalue weighted by molar-refractivity contribution is -0.122. The number of nitrogens with zero attached hydrogens (tertiary/aromatic N) is 2. The van der Waals surface area contributed by atoms with Crippen LogP contribution < -0.4 is 5.32 Å². The van der Waals surface area contributed by atoms with Gasteiger partial charge in [-0.05, 0) is 30.5 Å². The molecule has 3 aromatic carbocycles. The molecule has 0 spiro atoms. The number of aromatic nitrogens is 1. The average Bonchev–Trinajstić information content (AvgIpc) is 3.63. The van der Waals surface area contributed by atoms with Crippen LogP contribution in [-0.2, 0) is 22.6 Å². The van der Waals surface area contributed by atoms with Crippen LogP contribution in [0.4, 0.5) is 0 Å². The standard InChI is InChI=1S/C32H27N3O3.ClH/c1-20(21-7-3-2-4-8-21)34-15-13-22-9-5-11-24-26(19-35(17-16-34)29(22)24)28-27(31(36)33-32(28)37)25-12-6-10-23-14-18-38-30(23)25;/h2-12,14,18-20H,13,15-17H2,1H3,(H,33,36,37);1H. The van der Waals surface area contributed by atoms with Gasteiger partial charge in [-0.2, -0.15) is 0 Å². The molecule has 0 bridgehead atoms. The number of hydrogen-bond donors (Lipinski definition) is 1. The molecule has 2 aliphatic rings. The van der Waals surface area contributed by atoms with Gasteiger partial charge in [0.1, 0.15) is 5.58 Å². The van der Waals surface area contributed by atoms with Crippen molar-refractivity contribution in [3.05, 3.63) is 108 Å². The van der Waals surface area contributed by atoms with Crippen molar-refractivity contribution in [1.29, 1.82) is 0 Å². The second-order valence-corrected chi connectivity index (χ2v) is 10.1. The molecule has 7 heteroatoms. The van der Waals surface area contributed by atoms with E-state index in [0.717, 1.165) is 47.9 Å². The summed E-state index contributed by atoms with van der Waals surface area (Å²) in [4.78, 5) is 28.9. The third-order valence-electron chi connectivity index (χ3n) is 8.06. The molecular weight excluding hydrogens is 510 g/mol. The molecule has 5 aromatic rings. The molecule has 0 saturated heterocycles. The number of benzene rings is 3. The molecule has 0 saturated carbocycles. The zero-order valence-corrected chi connectivity index (χ0v) is 22.3. The van der Waals surface area contributed by atoms with E-state index in [1.165, 1.54) is 11.1 Å². The van der Waals surface area contributed by atoms with Crippen LogP contribution in [0.25, 0.3) is 33.0 Å². The lowest BCUT2D eigenvalue weighted by Gasteiger charge is -2.31. The van der Waals surface area contributed by atoms with Gasteiger partial charge in [0.25, 0.3) is 11.8 Å². The highest BCUT2D eigenvalue weighted by Gasteiger charge is 2.35. The third-order valence-corrected chi connectivity index (χ3v) is 8.06. The number of hydrogen-bond acceptors (Lipinski definition) is 4. The summed E-state index contributed by atoms with van der Waals surface area (Å²) in [7, 11) is 0. The highest BCUT2D eigenvalue weighted by Crippen LogP contribution is 2.39. The van der Waals surface area contributed by atoms with E-state index in [2.05, 4.69) is 76.4 Å². The molecule has 4 heterocycles. The molecule has 0 aliphatic carbocycles. The van der Waals surface area contributed by atoms with E-state index in [1.807, 2.05) is 24.3 Å². The Hall–Kier alpha value is -4.13. The minimum Gasteiger partial charge on any atom is -0.464 e. The highest BCUT2D eigenvalue weighted by molar-refractivity contribution is 6.50. The van der Waals surface area contributed by atoms with E-state index in [-0.39, 0.29) is 18.3 Å². The van der Waals surface area contributed by atoms with Crippen molar-refractivity contribution in [2.45, 2.75) is 25.9 Å². The summed E-state index contributed by atoms with van der Waals surface area (Å²) in [6.45, 7) is 4.89. The number of rotatable bonds is 4. The molecule has 1 unspecified atom stereocenters. The van der Waals surface area contributed by atoms with Crippen molar-refractivity contribution in [2.75, 3.05) is 13.1 Å². The van der Waals surface area contributed by atoms with Crippen LogP contribution >= 0.6 is 12.4 Å². The van der Waals surface area contributed by atoms with Gasteiger partial charge in [0.05, 0.1) is 22.9 Å². The quantitative estimate of drug-likeness (QED) is 0.286. The van der Waals surface area contributed by atoms with E-state index < -0.39 is 5.91 Å². The minimum absolute atomic E-state index is 0. The first-order valence-corrected chi connectivity index (χ1v) is 13.1. The second kappa shape index (κ2) is 9.88. The number of amides is 2. The Morgan fingerprint density at radius 2 is 1.59 bits per heavy atom. The largest absolute Gasteiger partial charge is 0.464 e. The van der Waals surface area contributed by atoms with E-state index in [4.69, 9.17) is 4.42 Å². The minimum atomic E-state index is -0.391. The van der Waals surface area contributed by atoms with E-state index >= 15 is 0 Å². The van der Waals surface area contributed by atoms with E-state index in [9.17, 15) is 9.59 Å². The van der Waals surface area contributed by atoms with Crippen LogP contribution in [0.1, 0.15) is 35.2 Å². The van der Waals surface area contributed by atoms with E-state index in [1.54, 1.807) is 6.26 Å². The van der Waals surface area contributed by atoms with Crippen molar-refractivity contribution < 1.29 is 14.0 Å². The predicted molar refractivity (Wildman–Crippen MR) is 155 cm³/mol. The fourth-order valence-electron chi connectivity index (χ4n) is 6.12. The van der Waals surface area contributed by atoms with Crippen LogP contribution in [0.5, 0.6) is 0 Å².